The fourth-order valence-electron chi connectivity index (χ4n) is 2.51. The zero-order chi connectivity index (χ0) is 14.6. The second kappa shape index (κ2) is 3.99. The number of hydrogen-bond acceptors (Lipinski definition) is 5. The summed E-state index contributed by atoms with van der Waals surface area (Å²) in [5, 5.41) is 6.46. The summed E-state index contributed by atoms with van der Waals surface area (Å²) >= 11 is 0. The molecule has 0 spiro atoms. The number of halogens is 1. The van der Waals surface area contributed by atoms with Gasteiger partial charge in [0.05, 0.1) is 28.1 Å². The van der Waals surface area contributed by atoms with Crippen molar-refractivity contribution in [2.45, 2.75) is 0 Å². The monoisotopic (exact) mass is 282 g/mol. The van der Waals surface area contributed by atoms with Gasteiger partial charge in [0.1, 0.15) is 17.8 Å². The van der Waals surface area contributed by atoms with E-state index in [2.05, 4.69) is 10.5 Å². The van der Waals surface area contributed by atoms with Crippen LogP contribution in [0.3, 0.4) is 0 Å². The number of carbonyl (C=O) groups is 2. The molecule has 0 unspecified atom stereocenters. The average Bonchev–Trinajstić information content (AvgIpc) is 3.06. The van der Waals surface area contributed by atoms with Crippen molar-refractivity contribution in [3.8, 4) is 0 Å². The van der Waals surface area contributed by atoms with Gasteiger partial charge in [-0.1, -0.05) is 11.2 Å². The van der Waals surface area contributed by atoms with Crippen LogP contribution in [-0.4, -0.2) is 16.7 Å². The maximum Gasteiger partial charge on any atom is 0.212 e. The van der Waals surface area contributed by atoms with Crippen LogP contribution in [0, 0.1) is 5.82 Å². The van der Waals surface area contributed by atoms with Gasteiger partial charge in [-0.3, -0.25) is 9.59 Å². The largest absolute Gasteiger partial charge is 0.363 e. The van der Waals surface area contributed by atoms with Gasteiger partial charge in [-0.2, -0.15) is 0 Å². The van der Waals surface area contributed by atoms with E-state index in [1.807, 2.05) is 0 Å². The summed E-state index contributed by atoms with van der Waals surface area (Å²) in [6.45, 7) is 0. The number of allylic oxidation sites excluding steroid dienone is 3. The summed E-state index contributed by atoms with van der Waals surface area (Å²) in [5.74, 6) is -1.31. The van der Waals surface area contributed by atoms with Crippen molar-refractivity contribution in [3.63, 3.8) is 0 Å². The molecule has 4 rings (SSSR count). The van der Waals surface area contributed by atoms with E-state index in [-0.39, 0.29) is 28.3 Å². The minimum atomic E-state index is -0.541. The molecule has 0 saturated heterocycles. The number of anilines is 1. The summed E-state index contributed by atoms with van der Waals surface area (Å²) in [4.78, 5) is 24.5. The average molecular weight is 282 g/mol. The van der Waals surface area contributed by atoms with E-state index in [1.165, 1.54) is 36.6 Å². The zero-order valence-corrected chi connectivity index (χ0v) is 10.5. The summed E-state index contributed by atoms with van der Waals surface area (Å²) < 4.78 is 18.6. The first-order valence-corrected chi connectivity index (χ1v) is 6.18. The number of hydrogen-bond donors (Lipinski definition) is 1. The van der Waals surface area contributed by atoms with Crippen molar-refractivity contribution in [1.82, 2.24) is 5.16 Å². The van der Waals surface area contributed by atoms with Crippen LogP contribution >= 0.6 is 0 Å². The lowest BCUT2D eigenvalue weighted by Crippen LogP contribution is -2.13. The van der Waals surface area contributed by atoms with Crippen LogP contribution in [0.15, 0.2) is 40.8 Å². The third-order valence-corrected chi connectivity index (χ3v) is 3.49. The van der Waals surface area contributed by atoms with E-state index in [0.29, 0.717) is 11.3 Å². The first-order valence-electron chi connectivity index (χ1n) is 6.18. The number of nitrogens with one attached hydrogen (secondary N) is 1. The molecule has 0 bridgehead atoms. The van der Waals surface area contributed by atoms with Crippen LogP contribution in [0.5, 0.6) is 0 Å². The normalized spacial score (nSPS) is 19.5. The second-order valence-corrected chi connectivity index (χ2v) is 4.68. The Labute approximate surface area is 117 Å². The van der Waals surface area contributed by atoms with Crippen LogP contribution in [0.1, 0.15) is 21.6 Å². The Morgan fingerprint density at radius 2 is 2.00 bits per heavy atom. The molecule has 1 N–H and O–H groups in total. The number of rotatable bonds is 0. The molecule has 2 heterocycles. The molecule has 1 aliphatic heterocycles. The van der Waals surface area contributed by atoms with Gasteiger partial charge in [0, 0.05) is 0 Å². The lowest BCUT2D eigenvalue weighted by Gasteiger charge is -2.10. The number of aromatic nitrogens is 1. The Hall–Kier alpha value is -3.02. The molecule has 1 aromatic heterocycles. The predicted molar refractivity (Wildman–Crippen MR) is 71.8 cm³/mol. The highest BCUT2D eigenvalue weighted by Crippen LogP contribution is 2.36. The maximum absolute atomic E-state index is 13.8. The van der Waals surface area contributed by atoms with E-state index < -0.39 is 11.6 Å². The highest BCUT2D eigenvalue weighted by molar-refractivity contribution is 6.37. The first-order chi connectivity index (χ1) is 10.2. The minimum Gasteiger partial charge on any atom is -0.363 e. The number of nitrogens with zero attached hydrogens (tertiary/aromatic N) is 1. The van der Waals surface area contributed by atoms with Crippen LogP contribution in [0.2, 0.25) is 0 Å². The van der Waals surface area contributed by atoms with Crippen LogP contribution < -0.4 is 5.32 Å². The Morgan fingerprint density at radius 1 is 1.14 bits per heavy atom. The van der Waals surface area contributed by atoms with Crippen molar-refractivity contribution in [2.24, 2.45) is 0 Å². The minimum absolute atomic E-state index is 0.0499. The Balaban J connectivity index is 1.96. The third-order valence-electron chi connectivity index (χ3n) is 3.49. The number of carbonyl (C=O) groups excluding carboxylic acids is 2. The highest BCUT2D eigenvalue weighted by atomic mass is 19.1. The standard InChI is InChI=1S/C15H7FN2O3/c16-9-3-1-2-7-13(9)17-14(15(7)20)12-8-6-21-18-10(8)4-5-11(12)19/h1-6,17H/b14-12+. The SMILES string of the molecule is O=C1C=Cc2nocc2/C1=C1\Nc2c(F)cccc2C1=O. The van der Waals surface area contributed by atoms with Crippen LogP contribution in [0.25, 0.3) is 11.6 Å². The number of fused-ring (bicyclic) bond motifs is 2. The summed E-state index contributed by atoms with van der Waals surface area (Å²) in [6.07, 6.45) is 4.12. The molecule has 2 aromatic rings. The lowest BCUT2D eigenvalue weighted by molar-refractivity contribution is -0.109. The Bertz CT molecular complexity index is 877. The zero-order valence-electron chi connectivity index (χ0n) is 10.5. The smallest absolute Gasteiger partial charge is 0.212 e. The number of Topliss-reactive ketones (excluding diaryl/α,β-unsaturated/α-hetero) is 1. The fraction of sp³-hybridized carbons (Fsp3) is 0. The first kappa shape index (κ1) is 11.8. The molecule has 0 atom stereocenters. The maximum atomic E-state index is 13.8. The second-order valence-electron chi connectivity index (χ2n) is 4.68. The van der Waals surface area contributed by atoms with Gasteiger partial charge in [-0.25, -0.2) is 4.39 Å². The van der Waals surface area contributed by atoms with Gasteiger partial charge in [0.15, 0.2) is 5.78 Å². The van der Waals surface area contributed by atoms with Crippen molar-refractivity contribution < 1.29 is 18.5 Å². The van der Waals surface area contributed by atoms with E-state index in [4.69, 9.17) is 4.52 Å². The molecule has 5 nitrogen and oxygen atoms in total. The predicted octanol–water partition coefficient (Wildman–Crippen LogP) is 2.43. The quantitative estimate of drug-likeness (QED) is 0.751. The van der Waals surface area contributed by atoms with Crippen LogP contribution in [-0.2, 0) is 4.79 Å². The topological polar surface area (TPSA) is 72.2 Å². The fourth-order valence-corrected chi connectivity index (χ4v) is 2.51. The lowest BCUT2D eigenvalue weighted by atomic mass is 9.93. The van der Waals surface area contributed by atoms with Gasteiger partial charge in [0.2, 0.25) is 5.78 Å². The molecule has 2 aliphatic rings. The molecular formula is C15H7FN2O3. The molecule has 1 aromatic carbocycles. The summed E-state index contributed by atoms with van der Waals surface area (Å²) in [5.41, 5.74) is 1.38. The summed E-state index contributed by atoms with van der Waals surface area (Å²) in [7, 11) is 0. The Morgan fingerprint density at radius 3 is 2.81 bits per heavy atom. The van der Waals surface area contributed by atoms with Crippen molar-refractivity contribution >= 4 is 28.9 Å². The molecule has 21 heavy (non-hydrogen) atoms. The molecular weight excluding hydrogens is 275 g/mol. The van der Waals surface area contributed by atoms with Gasteiger partial charge in [0.25, 0.3) is 0 Å². The molecule has 102 valence electrons. The molecule has 1 aliphatic carbocycles. The van der Waals surface area contributed by atoms with E-state index in [1.54, 1.807) is 0 Å². The van der Waals surface area contributed by atoms with E-state index in [0.717, 1.165) is 0 Å². The van der Waals surface area contributed by atoms with Crippen molar-refractivity contribution in [3.05, 3.63) is 58.9 Å². The molecule has 0 fully saturated rings. The molecule has 6 heteroatoms. The van der Waals surface area contributed by atoms with Gasteiger partial charge >= 0.3 is 0 Å². The molecule has 0 amide bonds. The molecule has 0 radical (unpaired) electrons. The summed E-state index contributed by atoms with van der Waals surface area (Å²) in [6, 6.07) is 4.22. The van der Waals surface area contributed by atoms with Crippen molar-refractivity contribution in [2.75, 3.05) is 5.32 Å². The van der Waals surface area contributed by atoms with Gasteiger partial charge in [-0.05, 0) is 24.3 Å². The van der Waals surface area contributed by atoms with Crippen LogP contribution in [0.4, 0.5) is 10.1 Å². The molecule has 0 saturated carbocycles. The van der Waals surface area contributed by atoms with Gasteiger partial charge < -0.3 is 9.84 Å². The Kier molecular flexibility index (Phi) is 2.24. The number of benzene rings is 1. The van der Waals surface area contributed by atoms with Crippen molar-refractivity contribution in [1.29, 1.82) is 0 Å². The van der Waals surface area contributed by atoms with E-state index in [9.17, 15) is 14.0 Å². The highest BCUT2D eigenvalue weighted by Gasteiger charge is 2.34. The number of para-hydroxylation sites is 1. The number of ketones is 2. The van der Waals surface area contributed by atoms with Gasteiger partial charge in [-0.15, -0.1) is 0 Å². The third kappa shape index (κ3) is 1.53. The van der Waals surface area contributed by atoms with E-state index >= 15 is 0 Å².